The Hall–Kier alpha value is -3.03. The summed E-state index contributed by atoms with van der Waals surface area (Å²) in [5.41, 5.74) is 1.85. The zero-order valence-corrected chi connectivity index (χ0v) is 16.3. The van der Waals surface area contributed by atoms with Crippen LogP contribution in [0.2, 0.25) is 0 Å². The van der Waals surface area contributed by atoms with E-state index in [1.165, 1.54) is 0 Å². The standard InChI is InChI=1S/C21H19N3O3S/c1-14(28(25)16-6-4-3-5-7-16)27-20-12-15(26-2)8-9-17(20)21-23-18-10-11-22-13-19(18)24-21/h3-14H,1-2H3,(H,23,24). The number of aromatic amines is 1. The lowest BCUT2D eigenvalue weighted by Gasteiger charge is -2.20. The lowest BCUT2D eigenvalue weighted by atomic mass is 10.2. The summed E-state index contributed by atoms with van der Waals surface area (Å²) in [6.07, 6.45) is 3.41. The molecular formula is C21H19N3O3S. The molecule has 4 aromatic rings. The highest BCUT2D eigenvalue weighted by Crippen LogP contribution is 2.34. The molecule has 0 spiro atoms. The minimum absolute atomic E-state index is 0.545. The summed E-state index contributed by atoms with van der Waals surface area (Å²) in [4.78, 5) is 12.7. The Bertz CT molecular complexity index is 1050. The SMILES string of the molecule is COc1ccc(-c2nc3cnccc3[nH]2)c(OC(C)[S+]([O-])c2ccccc2)c1. The van der Waals surface area contributed by atoms with Gasteiger partial charge in [-0.3, -0.25) is 4.98 Å². The van der Waals surface area contributed by atoms with E-state index in [9.17, 15) is 4.55 Å². The molecule has 0 saturated carbocycles. The van der Waals surface area contributed by atoms with Crippen LogP contribution in [0.1, 0.15) is 6.92 Å². The average Bonchev–Trinajstić information content (AvgIpc) is 3.17. The molecule has 7 heteroatoms. The maximum Gasteiger partial charge on any atom is 0.256 e. The van der Waals surface area contributed by atoms with Gasteiger partial charge in [-0.1, -0.05) is 18.2 Å². The summed E-state index contributed by atoms with van der Waals surface area (Å²) < 4.78 is 24.2. The second-order valence-electron chi connectivity index (χ2n) is 6.14. The van der Waals surface area contributed by atoms with E-state index in [4.69, 9.17) is 9.47 Å². The van der Waals surface area contributed by atoms with Gasteiger partial charge in [-0.25, -0.2) is 4.98 Å². The molecule has 0 amide bonds. The maximum absolute atomic E-state index is 12.8. The number of methoxy groups -OCH3 is 1. The Morgan fingerprint density at radius 2 is 1.93 bits per heavy atom. The number of ether oxygens (including phenoxy) is 2. The molecule has 0 saturated heterocycles. The summed E-state index contributed by atoms with van der Waals surface area (Å²) >= 11 is -1.32. The summed E-state index contributed by atoms with van der Waals surface area (Å²) in [5.74, 6) is 1.84. The number of imidazole rings is 1. The molecule has 0 radical (unpaired) electrons. The summed E-state index contributed by atoms with van der Waals surface area (Å²) in [6, 6.07) is 16.6. The average molecular weight is 393 g/mol. The molecule has 4 rings (SSSR count). The number of rotatable bonds is 6. The van der Waals surface area contributed by atoms with Gasteiger partial charge in [0.2, 0.25) is 0 Å². The fourth-order valence-electron chi connectivity index (χ4n) is 2.88. The first-order valence-corrected chi connectivity index (χ1v) is 9.97. The van der Waals surface area contributed by atoms with Crippen LogP contribution in [0.4, 0.5) is 0 Å². The zero-order chi connectivity index (χ0) is 19.5. The van der Waals surface area contributed by atoms with Crippen molar-refractivity contribution in [1.82, 2.24) is 15.0 Å². The molecule has 0 aliphatic heterocycles. The van der Waals surface area contributed by atoms with Crippen LogP contribution in [-0.4, -0.2) is 32.1 Å². The number of nitrogens with zero attached hydrogens (tertiary/aromatic N) is 2. The van der Waals surface area contributed by atoms with E-state index in [2.05, 4.69) is 15.0 Å². The van der Waals surface area contributed by atoms with Crippen LogP contribution in [-0.2, 0) is 11.2 Å². The quantitative estimate of drug-likeness (QED) is 0.497. The van der Waals surface area contributed by atoms with Gasteiger partial charge in [0.1, 0.15) is 22.8 Å². The van der Waals surface area contributed by atoms with Crippen molar-refractivity contribution in [3.8, 4) is 22.9 Å². The first-order chi connectivity index (χ1) is 13.7. The van der Waals surface area contributed by atoms with Crippen LogP contribution in [0.3, 0.4) is 0 Å². The van der Waals surface area contributed by atoms with Crippen molar-refractivity contribution in [3.63, 3.8) is 0 Å². The van der Waals surface area contributed by atoms with Crippen LogP contribution in [0.15, 0.2) is 71.9 Å². The highest BCUT2D eigenvalue weighted by molar-refractivity contribution is 7.91. The number of benzene rings is 2. The summed E-state index contributed by atoms with van der Waals surface area (Å²) in [5, 5.41) is 0. The minimum Gasteiger partial charge on any atom is -0.609 e. The first kappa shape index (κ1) is 18.3. The predicted molar refractivity (Wildman–Crippen MR) is 109 cm³/mol. The molecule has 2 aromatic heterocycles. The van der Waals surface area contributed by atoms with Gasteiger partial charge in [0.05, 0.1) is 24.4 Å². The van der Waals surface area contributed by atoms with Crippen molar-refractivity contribution in [2.75, 3.05) is 7.11 Å². The Morgan fingerprint density at radius 3 is 2.68 bits per heavy atom. The van der Waals surface area contributed by atoms with Gasteiger partial charge in [-0.15, -0.1) is 0 Å². The smallest absolute Gasteiger partial charge is 0.256 e. The highest BCUT2D eigenvalue weighted by atomic mass is 32.2. The van der Waals surface area contributed by atoms with E-state index in [1.54, 1.807) is 32.5 Å². The summed E-state index contributed by atoms with van der Waals surface area (Å²) in [6.45, 7) is 1.79. The Balaban J connectivity index is 1.69. The topological polar surface area (TPSA) is 83.1 Å². The molecule has 2 atom stereocenters. The Kier molecular flexibility index (Phi) is 5.18. The van der Waals surface area contributed by atoms with Crippen molar-refractivity contribution in [3.05, 3.63) is 67.0 Å². The molecule has 2 heterocycles. The molecule has 142 valence electrons. The van der Waals surface area contributed by atoms with E-state index >= 15 is 0 Å². The molecule has 0 fully saturated rings. The molecule has 1 N–H and O–H groups in total. The third-order valence-electron chi connectivity index (χ3n) is 4.30. The number of pyridine rings is 1. The second kappa shape index (κ2) is 7.92. The molecule has 2 unspecified atom stereocenters. The minimum atomic E-state index is -1.32. The second-order valence-corrected chi connectivity index (χ2v) is 7.87. The maximum atomic E-state index is 12.8. The molecule has 0 aliphatic carbocycles. The molecule has 28 heavy (non-hydrogen) atoms. The van der Waals surface area contributed by atoms with Gasteiger partial charge in [-0.2, -0.15) is 0 Å². The third kappa shape index (κ3) is 3.67. The van der Waals surface area contributed by atoms with Gasteiger partial charge in [0.15, 0.2) is 4.90 Å². The van der Waals surface area contributed by atoms with Crippen LogP contribution >= 0.6 is 0 Å². The number of H-pyrrole nitrogens is 1. The van der Waals surface area contributed by atoms with Crippen LogP contribution in [0.25, 0.3) is 22.4 Å². The first-order valence-electron chi connectivity index (χ1n) is 8.76. The Labute approximate surface area is 165 Å². The Morgan fingerprint density at radius 1 is 1.11 bits per heavy atom. The largest absolute Gasteiger partial charge is 0.609 e. The van der Waals surface area contributed by atoms with E-state index < -0.39 is 16.6 Å². The number of aromatic nitrogens is 3. The van der Waals surface area contributed by atoms with Crippen molar-refractivity contribution in [1.29, 1.82) is 0 Å². The monoisotopic (exact) mass is 393 g/mol. The van der Waals surface area contributed by atoms with Crippen LogP contribution in [0.5, 0.6) is 11.5 Å². The van der Waals surface area contributed by atoms with E-state index in [-0.39, 0.29) is 0 Å². The number of hydrogen-bond donors (Lipinski definition) is 1. The lowest BCUT2D eigenvalue weighted by Crippen LogP contribution is -2.24. The molecule has 0 bridgehead atoms. The number of nitrogens with one attached hydrogen (secondary N) is 1. The van der Waals surface area contributed by atoms with Gasteiger partial charge in [0.25, 0.3) is 5.44 Å². The van der Waals surface area contributed by atoms with Gasteiger partial charge in [-0.05, 0) is 30.3 Å². The van der Waals surface area contributed by atoms with Crippen molar-refractivity contribution in [2.24, 2.45) is 0 Å². The molecule has 0 aliphatic rings. The van der Waals surface area contributed by atoms with Crippen molar-refractivity contribution >= 4 is 22.2 Å². The lowest BCUT2D eigenvalue weighted by molar-refractivity contribution is 0.291. The fourth-order valence-corrected chi connectivity index (χ4v) is 3.88. The zero-order valence-electron chi connectivity index (χ0n) is 15.5. The van der Waals surface area contributed by atoms with Gasteiger partial charge < -0.3 is 19.0 Å². The van der Waals surface area contributed by atoms with E-state index in [0.29, 0.717) is 22.2 Å². The molecular weight excluding hydrogens is 374 g/mol. The molecule has 2 aromatic carbocycles. The fraction of sp³-hybridized carbons (Fsp3) is 0.143. The van der Waals surface area contributed by atoms with Gasteiger partial charge >= 0.3 is 0 Å². The van der Waals surface area contributed by atoms with E-state index in [1.807, 2.05) is 48.5 Å². The van der Waals surface area contributed by atoms with E-state index in [0.717, 1.165) is 16.6 Å². The normalized spacial score (nSPS) is 13.2. The van der Waals surface area contributed by atoms with Crippen molar-refractivity contribution < 1.29 is 14.0 Å². The van der Waals surface area contributed by atoms with Crippen LogP contribution in [0, 0.1) is 0 Å². The number of fused-ring (bicyclic) bond motifs is 1. The van der Waals surface area contributed by atoms with Crippen LogP contribution < -0.4 is 9.47 Å². The predicted octanol–water partition coefficient (Wildman–Crippen LogP) is 4.17. The van der Waals surface area contributed by atoms with Crippen molar-refractivity contribution in [2.45, 2.75) is 17.3 Å². The summed E-state index contributed by atoms with van der Waals surface area (Å²) in [7, 11) is 1.59. The van der Waals surface area contributed by atoms with Gasteiger partial charge in [0, 0.05) is 30.4 Å². The third-order valence-corrected chi connectivity index (χ3v) is 5.74. The highest BCUT2D eigenvalue weighted by Gasteiger charge is 2.24. The number of hydrogen-bond acceptors (Lipinski definition) is 5. The molecule has 6 nitrogen and oxygen atoms in total.